The van der Waals surface area contributed by atoms with Crippen molar-refractivity contribution >= 4 is 16.6 Å². The van der Waals surface area contributed by atoms with Gasteiger partial charge in [0.1, 0.15) is 5.78 Å². The molecule has 0 heterocycles. The fourth-order valence-corrected chi connectivity index (χ4v) is 4.05. The molecule has 0 radical (unpaired) electrons. The van der Waals surface area contributed by atoms with Crippen LogP contribution in [0, 0.1) is 6.92 Å². The van der Waals surface area contributed by atoms with E-state index in [9.17, 15) is 9.00 Å². The van der Waals surface area contributed by atoms with Crippen molar-refractivity contribution < 1.29 is 9.00 Å². The fraction of sp³-hybridized carbons (Fsp3) is 0.286. The Balaban J connectivity index is 2.44. The topological polar surface area (TPSA) is 34.1 Å². The number of hydrogen-bond acceptors (Lipinski definition) is 2. The Bertz CT molecular complexity index is 732. The monoisotopic (exact) mass is 340 g/mol. The third-order valence-corrected chi connectivity index (χ3v) is 5.51. The fourth-order valence-electron chi connectivity index (χ4n) is 2.79. The van der Waals surface area contributed by atoms with Crippen LogP contribution in [0.25, 0.3) is 0 Å². The van der Waals surface area contributed by atoms with Crippen molar-refractivity contribution in [2.75, 3.05) is 0 Å². The molecule has 0 aliphatic carbocycles. The minimum Gasteiger partial charge on any atom is -0.299 e. The molecule has 0 saturated carbocycles. The Kier molecular flexibility index (Phi) is 6.68. The van der Waals surface area contributed by atoms with Crippen LogP contribution in [0.1, 0.15) is 43.2 Å². The van der Waals surface area contributed by atoms with Gasteiger partial charge in [0.25, 0.3) is 0 Å². The Hall–Kier alpha value is -2.00. The summed E-state index contributed by atoms with van der Waals surface area (Å²) < 4.78 is 13.0. The SMILES string of the molecule is C=CCC(=O)[C@@H](CCC)c1ccccc1[S@@](=O)c1ccc(C)cc1. The summed E-state index contributed by atoms with van der Waals surface area (Å²) in [5, 5.41) is 0. The third kappa shape index (κ3) is 4.30. The maximum absolute atomic E-state index is 13.0. The van der Waals surface area contributed by atoms with E-state index in [0.29, 0.717) is 6.42 Å². The highest BCUT2D eigenvalue weighted by Crippen LogP contribution is 2.31. The maximum Gasteiger partial charge on any atom is 0.144 e. The second-order valence-electron chi connectivity index (χ2n) is 5.92. The molecule has 0 fully saturated rings. The molecule has 2 atom stereocenters. The predicted octanol–water partition coefficient (Wildman–Crippen LogP) is 5.19. The van der Waals surface area contributed by atoms with Gasteiger partial charge in [0.2, 0.25) is 0 Å². The quantitative estimate of drug-likeness (QED) is 0.620. The Morgan fingerprint density at radius 3 is 2.46 bits per heavy atom. The van der Waals surface area contributed by atoms with Crippen LogP contribution in [0.5, 0.6) is 0 Å². The summed E-state index contributed by atoms with van der Waals surface area (Å²) in [5.74, 6) is -0.0844. The van der Waals surface area contributed by atoms with Gasteiger partial charge in [-0.1, -0.05) is 55.3 Å². The zero-order chi connectivity index (χ0) is 17.5. The number of allylic oxidation sites excluding steroid dienone is 1. The maximum atomic E-state index is 13.0. The first-order valence-electron chi connectivity index (χ1n) is 8.29. The number of hydrogen-bond donors (Lipinski definition) is 0. The number of carbonyl (C=O) groups excluding carboxylic acids is 1. The Morgan fingerprint density at radius 2 is 1.83 bits per heavy atom. The van der Waals surface area contributed by atoms with Crippen LogP contribution in [0.4, 0.5) is 0 Å². The average molecular weight is 340 g/mol. The first kappa shape index (κ1) is 18.3. The van der Waals surface area contributed by atoms with Gasteiger partial charge in [-0.3, -0.25) is 4.79 Å². The lowest BCUT2D eigenvalue weighted by atomic mass is 9.89. The van der Waals surface area contributed by atoms with E-state index in [1.54, 1.807) is 6.08 Å². The smallest absolute Gasteiger partial charge is 0.144 e. The van der Waals surface area contributed by atoms with Crippen LogP contribution in [0.15, 0.2) is 71.0 Å². The van der Waals surface area contributed by atoms with Crippen LogP contribution in [0.2, 0.25) is 0 Å². The van der Waals surface area contributed by atoms with Crippen LogP contribution < -0.4 is 0 Å². The molecule has 2 rings (SSSR count). The van der Waals surface area contributed by atoms with Gasteiger partial charge in [-0.05, 0) is 37.1 Å². The van der Waals surface area contributed by atoms with E-state index in [0.717, 1.165) is 33.8 Å². The summed E-state index contributed by atoms with van der Waals surface area (Å²) in [6.07, 6.45) is 3.65. The van der Waals surface area contributed by atoms with E-state index in [-0.39, 0.29) is 11.7 Å². The first-order chi connectivity index (χ1) is 11.6. The van der Waals surface area contributed by atoms with Gasteiger partial charge >= 0.3 is 0 Å². The lowest BCUT2D eigenvalue weighted by Crippen LogP contribution is -2.14. The van der Waals surface area contributed by atoms with Crippen molar-refractivity contribution in [3.8, 4) is 0 Å². The van der Waals surface area contributed by atoms with Crippen LogP contribution in [-0.4, -0.2) is 9.99 Å². The minimum absolute atomic E-state index is 0.139. The molecule has 3 heteroatoms. The predicted molar refractivity (Wildman–Crippen MR) is 99.8 cm³/mol. The highest BCUT2D eigenvalue weighted by molar-refractivity contribution is 7.85. The Morgan fingerprint density at radius 1 is 1.17 bits per heavy atom. The molecule has 0 saturated heterocycles. The zero-order valence-electron chi connectivity index (χ0n) is 14.3. The van der Waals surface area contributed by atoms with E-state index in [1.165, 1.54) is 0 Å². The van der Waals surface area contributed by atoms with Crippen LogP contribution in [-0.2, 0) is 15.6 Å². The van der Waals surface area contributed by atoms with Crippen molar-refractivity contribution in [1.82, 2.24) is 0 Å². The number of ketones is 1. The normalized spacial score (nSPS) is 13.2. The molecule has 0 amide bonds. The molecule has 0 bridgehead atoms. The zero-order valence-corrected chi connectivity index (χ0v) is 15.1. The molecular weight excluding hydrogens is 316 g/mol. The van der Waals surface area contributed by atoms with E-state index < -0.39 is 10.8 Å². The van der Waals surface area contributed by atoms with Gasteiger partial charge in [0, 0.05) is 22.1 Å². The molecule has 126 valence electrons. The van der Waals surface area contributed by atoms with E-state index in [1.807, 2.05) is 55.5 Å². The molecule has 0 aromatic heterocycles. The molecule has 0 unspecified atom stereocenters. The van der Waals surface area contributed by atoms with E-state index >= 15 is 0 Å². The number of benzene rings is 2. The van der Waals surface area contributed by atoms with E-state index in [4.69, 9.17) is 0 Å². The van der Waals surface area contributed by atoms with E-state index in [2.05, 4.69) is 13.5 Å². The van der Waals surface area contributed by atoms with Crippen molar-refractivity contribution in [1.29, 1.82) is 0 Å². The van der Waals surface area contributed by atoms with Crippen molar-refractivity contribution in [3.63, 3.8) is 0 Å². The summed E-state index contributed by atoms with van der Waals surface area (Å²) in [5.41, 5.74) is 2.01. The van der Waals surface area contributed by atoms with Crippen molar-refractivity contribution in [3.05, 3.63) is 72.3 Å². The molecule has 2 aromatic rings. The average Bonchev–Trinajstić information content (AvgIpc) is 2.60. The molecular formula is C21H24O2S. The summed E-state index contributed by atoms with van der Waals surface area (Å²) in [6, 6.07) is 15.3. The standard InChI is InChI=1S/C21H24O2S/c1-4-8-18(20(22)9-5-2)19-10-6-7-11-21(19)24(23)17-14-12-16(3)13-15-17/h5-7,10-15,18H,2,4,8-9H2,1,3H3/t18-,24-/m0/s1. The molecule has 0 aliphatic rings. The van der Waals surface area contributed by atoms with Gasteiger partial charge in [-0.25, -0.2) is 4.21 Å². The first-order valence-corrected chi connectivity index (χ1v) is 9.44. The molecule has 0 N–H and O–H groups in total. The van der Waals surface area contributed by atoms with Crippen molar-refractivity contribution in [2.45, 2.75) is 48.8 Å². The van der Waals surface area contributed by atoms with Crippen LogP contribution >= 0.6 is 0 Å². The second-order valence-corrected chi connectivity index (χ2v) is 7.37. The van der Waals surface area contributed by atoms with Gasteiger partial charge in [0.15, 0.2) is 0 Å². The number of Topliss-reactive ketones (excluding diaryl/α,β-unsaturated/α-hetero) is 1. The summed E-state index contributed by atoms with van der Waals surface area (Å²) >= 11 is 0. The summed E-state index contributed by atoms with van der Waals surface area (Å²) in [6.45, 7) is 7.74. The number of aryl methyl sites for hydroxylation is 1. The minimum atomic E-state index is -1.29. The lowest BCUT2D eigenvalue weighted by molar-refractivity contribution is -0.119. The molecule has 2 nitrogen and oxygen atoms in total. The van der Waals surface area contributed by atoms with Gasteiger partial charge in [-0.2, -0.15) is 0 Å². The van der Waals surface area contributed by atoms with Crippen molar-refractivity contribution in [2.24, 2.45) is 0 Å². The lowest BCUT2D eigenvalue weighted by Gasteiger charge is -2.18. The van der Waals surface area contributed by atoms with Crippen LogP contribution in [0.3, 0.4) is 0 Å². The highest BCUT2D eigenvalue weighted by atomic mass is 32.2. The van der Waals surface area contributed by atoms with Gasteiger partial charge < -0.3 is 0 Å². The largest absolute Gasteiger partial charge is 0.299 e. The molecule has 24 heavy (non-hydrogen) atoms. The summed E-state index contributed by atoms with van der Waals surface area (Å²) in [7, 11) is -1.29. The molecule has 2 aromatic carbocycles. The van der Waals surface area contributed by atoms with Gasteiger partial charge in [-0.15, -0.1) is 6.58 Å². The summed E-state index contributed by atoms with van der Waals surface area (Å²) in [4.78, 5) is 14.0. The third-order valence-electron chi connectivity index (χ3n) is 4.04. The highest BCUT2D eigenvalue weighted by Gasteiger charge is 2.23. The number of carbonyl (C=O) groups is 1. The second kappa shape index (κ2) is 8.74. The van der Waals surface area contributed by atoms with Gasteiger partial charge in [0.05, 0.1) is 10.8 Å². The molecule has 0 aliphatic heterocycles. The number of rotatable bonds is 8. The molecule has 0 spiro atoms. The Labute approximate surface area is 147 Å².